The molecule has 0 saturated heterocycles. The Bertz CT molecular complexity index is 1100. The normalized spacial score (nSPS) is 16.2. The Balaban J connectivity index is 1.51. The van der Waals surface area contributed by atoms with E-state index in [4.69, 9.17) is 0 Å². The largest absolute Gasteiger partial charge is 0.506 e. The Labute approximate surface area is 266 Å². The van der Waals surface area contributed by atoms with Crippen LogP contribution in [0.2, 0.25) is 0 Å². The minimum absolute atomic E-state index is 0.103. The number of carbonyl (C=O) groups excluding carboxylic acids is 2. The van der Waals surface area contributed by atoms with Crippen molar-refractivity contribution in [1.82, 2.24) is 4.98 Å². The molecule has 1 N–H and O–H groups in total. The zero-order valence-corrected chi connectivity index (χ0v) is 27.6. The Hall–Kier alpha value is -3.02. The third kappa shape index (κ3) is 11.8. The smallest absolute Gasteiger partial charge is 0.204 e. The second-order valence-electron chi connectivity index (χ2n) is 12.6. The SMILES string of the molecule is CCCCCCCCCCCCN(CCCCCCCCCCCC)c1ccc(C2=C(O)/C(=C3/C=CC(=O)C=N3)C2=O)nc1. The Morgan fingerprint density at radius 2 is 1.14 bits per heavy atom. The summed E-state index contributed by atoms with van der Waals surface area (Å²) >= 11 is 0. The van der Waals surface area contributed by atoms with Gasteiger partial charge in [-0.3, -0.25) is 19.6 Å². The van der Waals surface area contributed by atoms with Gasteiger partial charge < -0.3 is 10.0 Å². The number of aliphatic imine (C=N–C) groups is 1. The molecule has 0 amide bonds. The highest BCUT2D eigenvalue weighted by atomic mass is 16.3. The van der Waals surface area contributed by atoms with Crippen molar-refractivity contribution in [3.05, 3.63) is 53.2 Å². The number of rotatable bonds is 24. The lowest BCUT2D eigenvalue weighted by atomic mass is 9.84. The molecule has 1 aliphatic heterocycles. The van der Waals surface area contributed by atoms with Crippen molar-refractivity contribution in [1.29, 1.82) is 0 Å². The minimum atomic E-state index is -0.290. The molecule has 0 fully saturated rings. The number of hydrogen-bond donors (Lipinski definition) is 1. The van der Waals surface area contributed by atoms with Crippen LogP contribution in [0.5, 0.6) is 0 Å². The number of aromatic nitrogens is 1. The highest BCUT2D eigenvalue weighted by Crippen LogP contribution is 2.38. The van der Waals surface area contributed by atoms with Gasteiger partial charge in [-0.25, -0.2) is 0 Å². The summed E-state index contributed by atoms with van der Waals surface area (Å²) in [5, 5.41) is 10.7. The van der Waals surface area contributed by atoms with Crippen LogP contribution in [-0.2, 0) is 9.59 Å². The molecule has 1 aromatic rings. The zero-order valence-electron chi connectivity index (χ0n) is 27.6. The molecular formula is C38H57N3O3. The van der Waals surface area contributed by atoms with Gasteiger partial charge in [-0.2, -0.15) is 0 Å². The van der Waals surface area contributed by atoms with E-state index in [1.807, 2.05) is 18.3 Å². The summed E-state index contributed by atoms with van der Waals surface area (Å²) in [6.07, 6.45) is 32.3. The second kappa shape index (κ2) is 20.8. The number of unbranched alkanes of at least 4 members (excludes halogenated alkanes) is 18. The number of ketones is 2. The van der Waals surface area contributed by atoms with Crippen LogP contribution >= 0.6 is 0 Å². The molecular weight excluding hydrogens is 546 g/mol. The van der Waals surface area contributed by atoms with Crippen molar-refractivity contribution in [3.8, 4) is 0 Å². The predicted molar refractivity (Wildman–Crippen MR) is 184 cm³/mol. The van der Waals surface area contributed by atoms with Gasteiger partial charge in [0.1, 0.15) is 5.76 Å². The van der Waals surface area contributed by atoms with E-state index in [1.54, 1.807) is 0 Å². The zero-order chi connectivity index (χ0) is 31.4. The standard InChI is InChI=1S/C38H57N3O3/c1-3-5-7-9-11-13-15-17-19-21-27-41(28-22-20-18-16-14-12-10-8-6-4-2)31-23-25-33(39-29-31)35-37(43)36(38(35)44)34-26-24-32(42)30-40-34/h23-26,29-30,43H,3-22,27-28H2,1-2H3/b36-34+. The first kappa shape index (κ1) is 35.5. The summed E-state index contributed by atoms with van der Waals surface area (Å²) in [5.41, 5.74) is 2.22. The van der Waals surface area contributed by atoms with Gasteiger partial charge in [-0.15, -0.1) is 0 Å². The maximum Gasteiger partial charge on any atom is 0.204 e. The van der Waals surface area contributed by atoms with Crippen LogP contribution in [0.1, 0.15) is 148 Å². The van der Waals surface area contributed by atoms with E-state index < -0.39 is 0 Å². The summed E-state index contributed by atoms with van der Waals surface area (Å²) in [4.78, 5) is 35.3. The van der Waals surface area contributed by atoms with Crippen LogP contribution in [0.4, 0.5) is 5.69 Å². The maximum atomic E-state index is 12.9. The van der Waals surface area contributed by atoms with Gasteiger partial charge >= 0.3 is 0 Å². The van der Waals surface area contributed by atoms with Crippen LogP contribution in [0.25, 0.3) is 5.57 Å². The van der Waals surface area contributed by atoms with Crippen LogP contribution < -0.4 is 4.90 Å². The summed E-state index contributed by atoms with van der Waals surface area (Å²) in [7, 11) is 0. The molecule has 0 atom stereocenters. The van der Waals surface area contributed by atoms with E-state index in [-0.39, 0.29) is 28.5 Å². The van der Waals surface area contributed by atoms with Crippen molar-refractivity contribution in [3.63, 3.8) is 0 Å². The Kier molecular flexibility index (Phi) is 16.8. The molecule has 0 aromatic carbocycles. The van der Waals surface area contributed by atoms with Crippen LogP contribution in [0.3, 0.4) is 0 Å². The van der Waals surface area contributed by atoms with E-state index >= 15 is 0 Å². The molecule has 44 heavy (non-hydrogen) atoms. The van der Waals surface area contributed by atoms with E-state index in [2.05, 4.69) is 28.7 Å². The van der Waals surface area contributed by atoms with Crippen molar-refractivity contribution < 1.29 is 14.7 Å². The minimum Gasteiger partial charge on any atom is -0.506 e. The number of Topliss-reactive ketones (excluding diaryl/α,β-unsaturated/α-hetero) is 1. The van der Waals surface area contributed by atoms with Gasteiger partial charge in [0.15, 0.2) is 5.78 Å². The lowest BCUT2D eigenvalue weighted by Crippen LogP contribution is -2.26. The molecule has 0 radical (unpaired) electrons. The van der Waals surface area contributed by atoms with Crippen LogP contribution in [0, 0.1) is 0 Å². The molecule has 6 nitrogen and oxygen atoms in total. The first-order valence-electron chi connectivity index (χ1n) is 17.8. The number of carbonyl (C=O) groups is 2. The summed E-state index contributed by atoms with van der Waals surface area (Å²) in [6, 6.07) is 3.87. The summed E-state index contributed by atoms with van der Waals surface area (Å²) in [5.74, 6) is -0.627. The average molecular weight is 604 g/mol. The molecule has 2 heterocycles. The number of pyridine rings is 1. The molecule has 0 spiro atoms. The number of hydrogen-bond acceptors (Lipinski definition) is 6. The fraction of sp³-hybridized carbons (Fsp3) is 0.632. The average Bonchev–Trinajstić information content (AvgIpc) is 3.03. The summed E-state index contributed by atoms with van der Waals surface area (Å²) in [6.45, 7) is 6.57. The first-order chi connectivity index (χ1) is 21.6. The van der Waals surface area contributed by atoms with E-state index in [1.165, 1.54) is 141 Å². The number of allylic oxidation sites excluding steroid dienone is 4. The molecule has 3 rings (SSSR count). The lowest BCUT2D eigenvalue weighted by Gasteiger charge is -2.26. The Morgan fingerprint density at radius 3 is 1.55 bits per heavy atom. The van der Waals surface area contributed by atoms with Gasteiger partial charge in [-0.05, 0) is 37.1 Å². The lowest BCUT2D eigenvalue weighted by molar-refractivity contribution is -0.112. The quantitative estimate of drug-likeness (QED) is 0.0939. The van der Waals surface area contributed by atoms with E-state index in [0.717, 1.165) is 25.0 Å². The molecule has 6 heteroatoms. The van der Waals surface area contributed by atoms with Crippen molar-refractivity contribution in [2.75, 3.05) is 18.0 Å². The molecule has 1 aliphatic carbocycles. The van der Waals surface area contributed by atoms with Crippen LogP contribution in [0.15, 0.2) is 52.5 Å². The second-order valence-corrected chi connectivity index (χ2v) is 12.6. The van der Waals surface area contributed by atoms with Gasteiger partial charge in [0.25, 0.3) is 0 Å². The van der Waals surface area contributed by atoms with Crippen molar-refractivity contribution in [2.45, 2.75) is 142 Å². The molecule has 242 valence electrons. The highest BCUT2D eigenvalue weighted by molar-refractivity contribution is 6.39. The monoisotopic (exact) mass is 603 g/mol. The highest BCUT2D eigenvalue weighted by Gasteiger charge is 2.38. The fourth-order valence-electron chi connectivity index (χ4n) is 6.08. The van der Waals surface area contributed by atoms with Gasteiger partial charge in [0.2, 0.25) is 5.78 Å². The number of aliphatic hydroxyl groups is 1. The molecule has 0 unspecified atom stereocenters. The number of aliphatic hydroxyl groups excluding tert-OH is 1. The Morgan fingerprint density at radius 1 is 0.636 bits per heavy atom. The van der Waals surface area contributed by atoms with E-state index in [0.29, 0.717) is 11.4 Å². The maximum absolute atomic E-state index is 12.9. The number of anilines is 1. The molecule has 0 saturated carbocycles. The number of nitrogens with zero attached hydrogens (tertiary/aromatic N) is 3. The van der Waals surface area contributed by atoms with Crippen molar-refractivity contribution >= 4 is 29.0 Å². The van der Waals surface area contributed by atoms with E-state index in [9.17, 15) is 14.7 Å². The fourth-order valence-corrected chi connectivity index (χ4v) is 6.08. The third-order valence-corrected chi connectivity index (χ3v) is 8.85. The predicted octanol–water partition coefficient (Wildman–Crippen LogP) is 10.0. The first-order valence-corrected chi connectivity index (χ1v) is 17.8. The topological polar surface area (TPSA) is 82.9 Å². The van der Waals surface area contributed by atoms with Gasteiger partial charge in [0, 0.05) is 13.1 Å². The molecule has 0 bridgehead atoms. The van der Waals surface area contributed by atoms with Gasteiger partial charge in [0.05, 0.1) is 40.6 Å². The molecule has 1 aromatic heterocycles. The molecule has 2 aliphatic rings. The van der Waals surface area contributed by atoms with Crippen LogP contribution in [-0.4, -0.2) is 41.0 Å². The number of dihydropyridines is 1. The summed E-state index contributed by atoms with van der Waals surface area (Å²) < 4.78 is 0. The van der Waals surface area contributed by atoms with Gasteiger partial charge in [-0.1, -0.05) is 129 Å². The van der Waals surface area contributed by atoms with Crippen molar-refractivity contribution in [2.24, 2.45) is 4.99 Å². The third-order valence-electron chi connectivity index (χ3n) is 8.85.